The molecule has 0 atom stereocenters. The maximum atomic E-state index is 11.8. The zero-order valence-electron chi connectivity index (χ0n) is 12.3. The molecule has 0 saturated carbocycles. The van der Waals surface area contributed by atoms with Crippen LogP contribution in [0.15, 0.2) is 16.8 Å². The highest BCUT2D eigenvalue weighted by atomic mass is 16.5. The molecule has 2 heterocycles. The summed E-state index contributed by atoms with van der Waals surface area (Å²) in [6.45, 7) is 6.20. The topological polar surface area (TPSA) is 103 Å². The fourth-order valence-corrected chi connectivity index (χ4v) is 1.93. The summed E-state index contributed by atoms with van der Waals surface area (Å²) in [4.78, 5) is 15.9. The van der Waals surface area contributed by atoms with Crippen molar-refractivity contribution in [2.24, 2.45) is 0 Å². The summed E-state index contributed by atoms with van der Waals surface area (Å²) in [6, 6.07) is 1.54. The number of aryl methyl sites for hydroxylation is 2. The number of anilines is 2. The molecule has 0 bridgehead atoms. The number of carbonyl (C=O) groups is 1. The van der Waals surface area contributed by atoms with Gasteiger partial charge in [-0.25, -0.2) is 9.78 Å². The lowest BCUT2D eigenvalue weighted by Crippen LogP contribution is -2.12. The van der Waals surface area contributed by atoms with Gasteiger partial charge in [-0.05, 0) is 26.8 Å². The Morgan fingerprint density at radius 3 is 2.86 bits per heavy atom. The summed E-state index contributed by atoms with van der Waals surface area (Å²) >= 11 is 0. The largest absolute Gasteiger partial charge is 0.462 e. The Kier molecular flexibility index (Phi) is 4.42. The Hall–Kier alpha value is -2.57. The second-order valence-corrected chi connectivity index (χ2v) is 4.50. The Morgan fingerprint density at radius 2 is 2.24 bits per heavy atom. The lowest BCUT2D eigenvalue weighted by molar-refractivity contribution is 0.0527. The van der Waals surface area contributed by atoms with E-state index in [0.717, 1.165) is 17.0 Å². The van der Waals surface area contributed by atoms with Gasteiger partial charge in [0.25, 0.3) is 0 Å². The molecule has 0 aliphatic rings. The van der Waals surface area contributed by atoms with Gasteiger partial charge in [-0.3, -0.25) is 0 Å². The van der Waals surface area contributed by atoms with E-state index in [0.29, 0.717) is 24.5 Å². The maximum absolute atomic E-state index is 11.8. The van der Waals surface area contributed by atoms with Crippen molar-refractivity contribution < 1.29 is 14.1 Å². The zero-order valence-corrected chi connectivity index (χ0v) is 12.3. The lowest BCUT2D eigenvalue weighted by atomic mass is 10.2. The number of nitrogens with zero attached hydrogens (tertiary/aromatic N) is 2. The average Bonchev–Trinajstić information content (AvgIpc) is 2.77. The molecule has 3 N–H and O–H groups in total. The van der Waals surface area contributed by atoms with Crippen molar-refractivity contribution in [2.75, 3.05) is 17.7 Å². The summed E-state index contributed by atoms with van der Waals surface area (Å²) in [5, 5.41) is 6.97. The van der Waals surface area contributed by atoms with E-state index in [1.807, 2.05) is 13.8 Å². The highest BCUT2D eigenvalue weighted by Crippen LogP contribution is 2.22. The van der Waals surface area contributed by atoms with Gasteiger partial charge in [0.05, 0.1) is 23.6 Å². The minimum atomic E-state index is -0.460. The van der Waals surface area contributed by atoms with Crippen LogP contribution in [0.25, 0.3) is 0 Å². The quantitative estimate of drug-likeness (QED) is 0.812. The number of ether oxygens (including phenoxy) is 1. The highest BCUT2D eigenvalue weighted by Gasteiger charge is 2.15. The minimum absolute atomic E-state index is 0.266. The fourth-order valence-electron chi connectivity index (χ4n) is 1.93. The molecule has 21 heavy (non-hydrogen) atoms. The number of hydrogen-bond donors (Lipinski definition) is 2. The molecule has 0 fully saturated rings. The normalized spacial score (nSPS) is 10.4. The van der Waals surface area contributed by atoms with E-state index in [2.05, 4.69) is 15.5 Å². The van der Waals surface area contributed by atoms with E-state index in [1.54, 1.807) is 6.92 Å². The predicted octanol–water partition coefficient (Wildman–Crippen LogP) is 2.06. The molecule has 0 spiro atoms. The molecule has 2 aromatic heterocycles. The van der Waals surface area contributed by atoms with Crippen LogP contribution in [0.2, 0.25) is 0 Å². The number of rotatable bonds is 5. The van der Waals surface area contributed by atoms with E-state index in [4.69, 9.17) is 15.0 Å². The average molecular weight is 290 g/mol. The Bertz CT molecular complexity index is 632. The van der Waals surface area contributed by atoms with Gasteiger partial charge >= 0.3 is 5.97 Å². The summed E-state index contributed by atoms with van der Waals surface area (Å²) in [5.41, 5.74) is 8.28. The summed E-state index contributed by atoms with van der Waals surface area (Å²) < 4.78 is 10.0. The third-order valence-corrected chi connectivity index (χ3v) is 3.10. The number of hydrogen-bond acceptors (Lipinski definition) is 7. The number of nitrogen functional groups attached to an aromatic ring is 1. The number of nitrogens with two attached hydrogens (primary N) is 1. The monoisotopic (exact) mass is 290 g/mol. The smallest absolute Gasteiger partial charge is 0.340 e. The first-order valence-corrected chi connectivity index (χ1v) is 6.61. The van der Waals surface area contributed by atoms with Crippen LogP contribution >= 0.6 is 0 Å². The maximum Gasteiger partial charge on any atom is 0.340 e. The van der Waals surface area contributed by atoms with Gasteiger partial charge in [-0.1, -0.05) is 5.16 Å². The van der Waals surface area contributed by atoms with Crippen molar-refractivity contribution in [3.8, 4) is 0 Å². The van der Waals surface area contributed by atoms with E-state index in [-0.39, 0.29) is 5.69 Å². The summed E-state index contributed by atoms with van der Waals surface area (Å²) in [6.07, 6.45) is 1.51. The van der Waals surface area contributed by atoms with Gasteiger partial charge in [0.1, 0.15) is 11.6 Å². The first-order chi connectivity index (χ1) is 10.0. The van der Waals surface area contributed by atoms with Crippen molar-refractivity contribution in [3.63, 3.8) is 0 Å². The first kappa shape index (κ1) is 14.8. The number of pyridine rings is 1. The van der Waals surface area contributed by atoms with Gasteiger partial charge in [-0.2, -0.15) is 0 Å². The van der Waals surface area contributed by atoms with Crippen LogP contribution in [0.3, 0.4) is 0 Å². The lowest BCUT2D eigenvalue weighted by Gasteiger charge is -2.11. The molecule has 2 rings (SSSR count). The van der Waals surface area contributed by atoms with Gasteiger partial charge in [0.2, 0.25) is 0 Å². The van der Waals surface area contributed by atoms with Gasteiger partial charge in [-0.15, -0.1) is 0 Å². The van der Waals surface area contributed by atoms with Crippen LogP contribution in [0, 0.1) is 13.8 Å². The molecule has 0 aromatic carbocycles. The molecule has 7 nitrogen and oxygen atoms in total. The minimum Gasteiger partial charge on any atom is -0.462 e. The van der Waals surface area contributed by atoms with E-state index >= 15 is 0 Å². The van der Waals surface area contributed by atoms with Crippen LogP contribution in [0.1, 0.15) is 34.3 Å². The van der Waals surface area contributed by atoms with Gasteiger partial charge < -0.3 is 20.3 Å². The van der Waals surface area contributed by atoms with Crippen LogP contribution in [0.4, 0.5) is 11.5 Å². The van der Waals surface area contributed by atoms with Crippen molar-refractivity contribution in [1.29, 1.82) is 0 Å². The first-order valence-electron chi connectivity index (χ1n) is 6.61. The third kappa shape index (κ3) is 3.13. The van der Waals surface area contributed by atoms with Gasteiger partial charge in [0.15, 0.2) is 0 Å². The molecule has 7 heteroatoms. The Labute approximate surface area is 122 Å². The standard InChI is InChI=1S/C14H18N4O3/c1-4-20-14(19)10-5-6-16-13(12(10)15)17-7-11-8(2)18-21-9(11)3/h5-6H,4,7,15H2,1-3H3,(H,16,17). The Balaban J connectivity index is 2.18. The number of aromatic nitrogens is 2. The van der Waals surface area contributed by atoms with Crippen LogP contribution < -0.4 is 11.1 Å². The van der Waals surface area contributed by atoms with Crippen LogP contribution in [-0.4, -0.2) is 22.7 Å². The summed E-state index contributed by atoms with van der Waals surface area (Å²) in [7, 11) is 0. The zero-order chi connectivity index (χ0) is 15.4. The molecule has 112 valence electrons. The molecule has 2 aromatic rings. The molecule has 0 unspecified atom stereocenters. The number of nitrogens with one attached hydrogen (secondary N) is 1. The van der Waals surface area contributed by atoms with E-state index < -0.39 is 5.97 Å². The molecule has 0 radical (unpaired) electrons. The predicted molar refractivity (Wildman–Crippen MR) is 77.9 cm³/mol. The highest BCUT2D eigenvalue weighted by molar-refractivity contribution is 5.97. The molecular weight excluding hydrogens is 272 g/mol. The van der Waals surface area contributed by atoms with E-state index in [9.17, 15) is 4.79 Å². The van der Waals surface area contributed by atoms with Crippen molar-refractivity contribution in [3.05, 3.63) is 34.8 Å². The van der Waals surface area contributed by atoms with Crippen molar-refractivity contribution in [1.82, 2.24) is 10.1 Å². The van der Waals surface area contributed by atoms with Crippen LogP contribution in [0.5, 0.6) is 0 Å². The Morgan fingerprint density at radius 1 is 1.48 bits per heavy atom. The van der Waals surface area contributed by atoms with Crippen LogP contribution in [-0.2, 0) is 11.3 Å². The molecule has 0 saturated heterocycles. The summed E-state index contributed by atoms with van der Waals surface area (Å²) in [5.74, 6) is 0.707. The number of esters is 1. The molecular formula is C14H18N4O3. The number of carbonyl (C=O) groups excluding carboxylic acids is 1. The van der Waals surface area contributed by atoms with E-state index in [1.165, 1.54) is 12.3 Å². The third-order valence-electron chi connectivity index (χ3n) is 3.10. The second-order valence-electron chi connectivity index (χ2n) is 4.50. The molecule has 0 aliphatic heterocycles. The molecule has 0 aliphatic carbocycles. The second kappa shape index (κ2) is 6.25. The SMILES string of the molecule is CCOC(=O)c1ccnc(NCc2c(C)noc2C)c1N. The van der Waals surface area contributed by atoms with Gasteiger partial charge in [0, 0.05) is 18.3 Å². The molecule has 0 amide bonds. The van der Waals surface area contributed by atoms with Crippen molar-refractivity contribution >= 4 is 17.5 Å². The van der Waals surface area contributed by atoms with Crippen molar-refractivity contribution in [2.45, 2.75) is 27.3 Å². The fraction of sp³-hybridized carbons (Fsp3) is 0.357.